The number of likely N-dealkylation sites (N-methyl/N-ethyl adjacent to an activating group) is 1. The average Bonchev–Trinajstić information content (AvgIpc) is 2.97. The number of carbonyl (C=O) groups excluding carboxylic acids is 3. The molecule has 2 heterocycles. The van der Waals surface area contributed by atoms with Crippen molar-refractivity contribution >= 4 is 29.1 Å². The van der Waals surface area contributed by atoms with Gasteiger partial charge in [0.25, 0.3) is 5.91 Å². The number of rotatable bonds is 2. The molecule has 0 N–H and O–H groups in total. The maximum absolute atomic E-state index is 13.2. The lowest BCUT2D eigenvalue weighted by molar-refractivity contribution is -0.122. The number of fused-ring (bicyclic) bond motifs is 2. The summed E-state index contributed by atoms with van der Waals surface area (Å²) in [6.45, 7) is 1.87. The van der Waals surface area contributed by atoms with E-state index >= 15 is 0 Å². The van der Waals surface area contributed by atoms with E-state index < -0.39 is 0 Å². The second-order valence-corrected chi connectivity index (χ2v) is 7.10. The SMILES string of the molecule is C[C@@H]1Cc2ccccc2N1C(=O)CN1C(=O)CN(C)C(=O)c2ccccc21. The summed E-state index contributed by atoms with van der Waals surface area (Å²) in [6.07, 6.45) is 0.799. The van der Waals surface area contributed by atoms with Gasteiger partial charge in [0.05, 0.1) is 11.3 Å². The van der Waals surface area contributed by atoms with Gasteiger partial charge in [0.15, 0.2) is 0 Å². The van der Waals surface area contributed by atoms with E-state index in [1.54, 1.807) is 36.2 Å². The molecule has 3 amide bonds. The molecule has 6 heteroatoms. The molecule has 0 unspecified atom stereocenters. The van der Waals surface area contributed by atoms with Gasteiger partial charge in [-0.1, -0.05) is 30.3 Å². The van der Waals surface area contributed by atoms with E-state index in [9.17, 15) is 14.4 Å². The van der Waals surface area contributed by atoms with Crippen molar-refractivity contribution < 1.29 is 14.4 Å². The van der Waals surface area contributed by atoms with Crippen LogP contribution in [0.4, 0.5) is 11.4 Å². The van der Waals surface area contributed by atoms with Gasteiger partial charge in [0.1, 0.15) is 13.1 Å². The zero-order valence-corrected chi connectivity index (χ0v) is 15.4. The van der Waals surface area contributed by atoms with Gasteiger partial charge in [0.2, 0.25) is 11.8 Å². The van der Waals surface area contributed by atoms with Crippen molar-refractivity contribution in [2.75, 3.05) is 29.9 Å². The Kier molecular flexibility index (Phi) is 4.18. The van der Waals surface area contributed by atoms with Gasteiger partial charge in [-0.15, -0.1) is 0 Å². The minimum atomic E-state index is -0.260. The molecule has 4 rings (SSSR count). The predicted molar refractivity (Wildman–Crippen MR) is 103 cm³/mol. The first kappa shape index (κ1) is 17.3. The Balaban J connectivity index is 1.67. The van der Waals surface area contributed by atoms with Gasteiger partial charge in [-0.2, -0.15) is 0 Å². The van der Waals surface area contributed by atoms with E-state index in [1.165, 1.54) is 9.80 Å². The van der Waals surface area contributed by atoms with E-state index in [2.05, 4.69) is 0 Å². The number of amides is 3. The Morgan fingerprint density at radius 2 is 1.70 bits per heavy atom. The lowest BCUT2D eigenvalue weighted by atomic mass is 10.1. The number of hydrogen-bond donors (Lipinski definition) is 0. The van der Waals surface area contributed by atoms with Crippen LogP contribution >= 0.6 is 0 Å². The smallest absolute Gasteiger partial charge is 0.256 e. The molecular formula is C21H21N3O3. The largest absolute Gasteiger partial charge is 0.332 e. The van der Waals surface area contributed by atoms with Crippen molar-refractivity contribution in [3.63, 3.8) is 0 Å². The molecule has 0 fully saturated rings. The quantitative estimate of drug-likeness (QED) is 0.821. The van der Waals surface area contributed by atoms with Crippen LogP contribution in [0.25, 0.3) is 0 Å². The molecule has 2 aromatic carbocycles. The monoisotopic (exact) mass is 363 g/mol. The van der Waals surface area contributed by atoms with E-state index in [4.69, 9.17) is 0 Å². The van der Waals surface area contributed by atoms with Gasteiger partial charge < -0.3 is 14.7 Å². The second kappa shape index (κ2) is 6.54. The normalized spacial score (nSPS) is 19.0. The Hall–Kier alpha value is -3.15. The highest BCUT2D eigenvalue weighted by atomic mass is 16.2. The Morgan fingerprint density at radius 3 is 2.48 bits per heavy atom. The fourth-order valence-electron chi connectivity index (χ4n) is 3.92. The number of benzene rings is 2. The molecule has 0 radical (unpaired) electrons. The predicted octanol–water partition coefficient (Wildman–Crippen LogP) is 2.08. The third-order valence-corrected chi connectivity index (χ3v) is 5.21. The Bertz CT molecular complexity index is 940. The number of carbonyl (C=O) groups is 3. The summed E-state index contributed by atoms with van der Waals surface area (Å²) in [5.74, 6) is -0.620. The minimum absolute atomic E-state index is 0.0385. The van der Waals surface area contributed by atoms with Crippen molar-refractivity contribution in [3.05, 3.63) is 59.7 Å². The number of anilines is 2. The summed E-state index contributed by atoms with van der Waals surface area (Å²) in [5, 5.41) is 0. The average molecular weight is 363 g/mol. The van der Waals surface area contributed by atoms with Gasteiger partial charge in [0, 0.05) is 18.8 Å². The summed E-state index contributed by atoms with van der Waals surface area (Å²) in [6, 6.07) is 14.8. The van der Waals surface area contributed by atoms with Gasteiger partial charge in [-0.25, -0.2) is 0 Å². The highest BCUT2D eigenvalue weighted by molar-refractivity contribution is 6.12. The molecule has 0 saturated heterocycles. The molecule has 1 atom stereocenters. The first-order chi connectivity index (χ1) is 13.0. The summed E-state index contributed by atoms with van der Waals surface area (Å²) >= 11 is 0. The number of nitrogens with zero attached hydrogens (tertiary/aromatic N) is 3. The van der Waals surface area contributed by atoms with Crippen LogP contribution in [-0.4, -0.2) is 48.8 Å². The maximum Gasteiger partial charge on any atom is 0.256 e. The lowest BCUT2D eigenvalue weighted by Crippen LogP contribution is -2.46. The molecule has 0 saturated carbocycles. The first-order valence-corrected chi connectivity index (χ1v) is 9.02. The maximum atomic E-state index is 13.2. The number of hydrogen-bond acceptors (Lipinski definition) is 3. The molecule has 2 aliphatic rings. The fourth-order valence-corrected chi connectivity index (χ4v) is 3.92. The summed E-state index contributed by atoms with van der Waals surface area (Å²) < 4.78 is 0. The molecule has 138 valence electrons. The highest BCUT2D eigenvalue weighted by Gasteiger charge is 2.35. The van der Waals surface area contributed by atoms with E-state index in [-0.39, 0.29) is 36.9 Å². The summed E-state index contributed by atoms with van der Waals surface area (Å²) in [4.78, 5) is 43.1. The standard InChI is InChI=1S/C21H21N3O3/c1-14-11-15-7-3-5-9-17(15)24(14)20(26)13-23-18-10-6-4-8-16(18)21(27)22(2)12-19(23)25/h3-10,14H,11-13H2,1-2H3/t14-/m1/s1. The molecule has 6 nitrogen and oxygen atoms in total. The van der Waals surface area contributed by atoms with E-state index in [0.717, 1.165) is 17.7 Å². The lowest BCUT2D eigenvalue weighted by Gasteiger charge is -2.27. The second-order valence-electron chi connectivity index (χ2n) is 7.10. The van der Waals surface area contributed by atoms with Crippen molar-refractivity contribution in [1.82, 2.24) is 4.90 Å². The van der Waals surface area contributed by atoms with Crippen LogP contribution in [0.2, 0.25) is 0 Å². The Labute approximate surface area is 158 Å². The zero-order valence-electron chi connectivity index (χ0n) is 15.4. The number of para-hydroxylation sites is 2. The van der Waals surface area contributed by atoms with Crippen molar-refractivity contribution in [2.24, 2.45) is 0 Å². The highest BCUT2D eigenvalue weighted by Crippen LogP contribution is 2.32. The molecule has 0 aromatic heterocycles. The van der Waals surface area contributed by atoms with Gasteiger partial charge >= 0.3 is 0 Å². The van der Waals surface area contributed by atoms with Crippen LogP contribution in [0.1, 0.15) is 22.8 Å². The topological polar surface area (TPSA) is 60.9 Å². The summed E-state index contributed by atoms with van der Waals surface area (Å²) in [5.41, 5.74) is 2.97. The van der Waals surface area contributed by atoms with Crippen LogP contribution in [0, 0.1) is 0 Å². The molecular weight excluding hydrogens is 342 g/mol. The molecule has 2 aromatic rings. The van der Waals surface area contributed by atoms with Crippen LogP contribution in [0.15, 0.2) is 48.5 Å². The molecule has 0 bridgehead atoms. The third-order valence-electron chi connectivity index (χ3n) is 5.21. The van der Waals surface area contributed by atoms with Crippen LogP contribution in [0.5, 0.6) is 0 Å². The van der Waals surface area contributed by atoms with Crippen LogP contribution < -0.4 is 9.80 Å². The van der Waals surface area contributed by atoms with E-state index in [0.29, 0.717) is 11.3 Å². The van der Waals surface area contributed by atoms with Gasteiger partial charge in [-0.05, 0) is 37.1 Å². The van der Waals surface area contributed by atoms with E-state index in [1.807, 2.05) is 31.2 Å². The molecule has 2 aliphatic heterocycles. The Morgan fingerprint density at radius 1 is 1.04 bits per heavy atom. The summed E-state index contributed by atoms with van der Waals surface area (Å²) in [7, 11) is 1.60. The third kappa shape index (κ3) is 2.87. The molecule has 27 heavy (non-hydrogen) atoms. The van der Waals surface area contributed by atoms with Crippen molar-refractivity contribution in [2.45, 2.75) is 19.4 Å². The van der Waals surface area contributed by atoms with Crippen molar-refractivity contribution in [3.8, 4) is 0 Å². The van der Waals surface area contributed by atoms with Crippen LogP contribution in [0.3, 0.4) is 0 Å². The minimum Gasteiger partial charge on any atom is -0.332 e. The molecule has 0 aliphatic carbocycles. The van der Waals surface area contributed by atoms with Crippen molar-refractivity contribution in [1.29, 1.82) is 0 Å². The fraction of sp³-hybridized carbons (Fsp3) is 0.286. The van der Waals surface area contributed by atoms with Gasteiger partial charge in [-0.3, -0.25) is 14.4 Å². The molecule has 0 spiro atoms. The zero-order chi connectivity index (χ0) is 19.1. The van der Waals surface area contributed by atoms with Crippen LogP contribution in [-0.2, 0) is 16.0 Å². The first-order valence-electron chi connectivity index (χ1n) is 9.02.